The molecule has 18 heavy (non-hydrogen) atoms. The standard InChI is InChI=1S/C16H34N2/c1-5-16(8-9-17)7-6-10-18-12-13(2)11-14(3)15(18)4/h13-16H,5-12,17H2,1-4H3. The molecule has 1 heterocycles. The maximum Gasteiger partial charge on any atom is 0.00927 e. The Morgan fingerprint density at radius 1 is 1.22 bits per heavy atom. The minimum absolute atomic E-state index is 0.774. The molecule has 1 rings (SSSR count). The van der Waals surface area contributed by atoms with Crippen molar-refractivity contribution in [3.05, 3.63) is 0 Å². The van der Waals surface area contributed by atoms with E-state index >= 15 is 0 Å². The van der Waals surface area contributed by atoms with Crippen LogP contribution in [0.4, 0.5) is 0 Å². The Labute approximate surface area is 114 Å². The van der Waals surface area contributed by atoms with Crippen molar-refractivity contribution in [2.45, 2.75) is 65.8 Å². The molecule has 0 radical (unpaired) electrons. The van der Waals surface area contributed by atoms with Crippen LogP contribution in [0.5, 0.6) is 0 Å². The summed E-state index contributed by atoms with van der Waals surface area (Å²) in [6, 6.07) is 0.774. The SMILES string of the molecule is CCC(CCN)CCCN1CC(C)CC(C)C1C. The molecule has 4 atom stereocenters. The van der Waals surface area contributed by atoms with Gasteiger partial charge in [-0.1, -0.05) is 27.2 Å². The van der Waals surface area contributed by atoms with Crippen LogP contribution in [0.25, 0.3) is 0 Å². The molecule has 4 unspecified atom stereocenters. The maximum absolute atomic E-state index is 5.67. The number of nitrogens with two attached hydrogens (primary N) is 1. The molecule has 0 aromatic heterocycles. The Bertz CT molecular complexity index is 217. The Balaban J connectivity index is 2.28. The maximum atomic E-state index is 5.67. The van der Waals surface area contributed by atoms with Gasteiger partial charge in [0.25, 0.3) is 0 Å². The number of hydrogen-bond acceptors (Lipinski definition) is 2. The predicted octanol–water partition coefficient (Wildman–Crippen LogP) is 3.51. The fraction of sp³-hybridized carbons (Fsp3) is 1.00. The highest BCUT2D eigenvalue weighted by atomic mass is 15.2. The molecule has 1 aliphatic rings. The van der Waals surface area contributed by atoms with Gasteiger partial charge in [0.2, 0.25) is 0 Å². The summed E-state index contributed by atoms with van der Waals surface area (Å²) in [6.45, 7) is 13.0. The van der Waals surface area contributed by atoms with Crippen LogP contribution >= 0.6 is 0 Å². The number of hydrogen-bond donors (Lipinski definition) is 1. The van der Waals surface area contributed by atoms with Gasteiger partial charge >= 0.3 is 0 Å². The summed E-state index contributed by atoms with van der Waals surface area (Å²) < 4.78 is 0. The molecule has 108 valence electrons. The molecule has 0 spiro atoms. The highest BCUT2D eigenvalue weighted by molar-refractivity contribution is 4.81. The van der Waals surface area contributed by atoms with Crippen molar-refractivity contribution in [2.24, 2.45) is 23.5 Å². The van der Waals surface area contributed by atoms with Crippen molar-refractivity contribution in [1.29, 1.82) is 0 Å². The molecular formula is C16H34N2. The molecule has 0 aliphatic carbocycles. The van der Waals surface area contributed by atoms with Crippen molar-refractivity contribution in [1.82, 2.24) is 4.90 Å². The third-order valence-electron chi connectivity index (χ3n) is 4.93. The summed E-state index contributed by atoms with van der Waals surface area (Å²) >= 11 is 0. The number of likely N-dealkylation sites (tertiary alicyclic amines) is 1. The van der Waals surface area contributed by atoms with Gasteiger partial charge in [-0.05, 0) is 63.5 Å². The van der Waals surface area contributed by atoms with Crippen LogP contribution in [0, 0.1) is 17.8 Å². The lowest BCUT2D eigenvalue weighted by Crippen LogP contribution is -2.46. The zero-order chi connectivity index (χ0) is 13.5. The lowest BCUT2D eigenvalue weighted by molar-refractivity contribution is 0.0768. The van der Waals surface area contributed by atoms with E-state index in [2.05, 4.69) is 32.6 Å². The molecule has 1 aliphatic heterocycles. The molecule has 1 fully saturated rings. The average molecular weight is 254 g/mol. The molecule has 2 nitrogen and oxygen atoms in total. The van der Waals surface area contributed by atoms with Crippen molar-refractivity contribution in [2.75, 3.05) is 19.6 Å². The van der Waals surface area contributed by atoms with E-state index in [0.717, 1.165) is 30.3 Å². The summed E-state index contributed by atoms with van der Waals surface area (Å²) in [7, 11) is 0. The van der Waals surface area contributed by atoms with Crippen molar-refractivity contribution in [3.8, 4) is 0 Å². The second kappa shape index (κ2) is 8.16. The van der Waals surface area contributed by atoms with Crippen LogP contribution in [0.1, 0.15) is 59.8 Å². The summed E-state index contributed by atoms with van der Waals surface area (Å²) in [4.78, 5) is 2.72. The molecular weight excluding hydrogens is 220 g/mol. The summed E-state index contributed by atoms with van der Waals surface area (Å²) in [6.07, 6.45) is 6.61. The fourth-order valence-corrected chi connectivity index (χ4v) is 3.50. The lowest BCUT2D eigenvalue weighted by Gasteiger charge is -2.41. The topological polar surface area (TPSA) is 29.3 Å². The van der Waals surface area contributed by atoms with Crippen molar-refractivity contribution < 1.29 is 0 Å². The molecule has 0 amide bonds. The van der Waals surface area contributed by atoms with E-state index in [0.29, 0.717) is 0 Å². The molecule has 2 heteroatoms. The number of rotatable bonds is 7. The van der Waals surface area contributed by atoms with Crippen LogP contribution in [-0.2, 0) is 0 Å². The van der Waals surface area contributed by atoms with E-state index in [9.17, 15) is 0 Å². The highest BCUT2D eigenvalue weighted by Gasteiger charge is 2.28. The Kier molecular flexibility index (Phi) is 7.25. The first kappa shape index (κ1) is 16.0. The minimum Gasteiger partial charge on any atom is -0.330 e. The molecule has 0 saturated carbocycles. The summed E-state index contributed by atoms with van der Waals surface area (Å²) in [5.41, 5.74) is 5.67. The normalized spacial score (nSPS) is 31.5. The quantitative estimate of drug-likeness (QED) is 0.753. The molecule has 0 aromatic carbocycles. The van der Waals surface area contributed by atoms with Gasteiger partial charge in [0.05, 0.1) is 0 Å². The van der Waals surface area contributed by atoms with E-state index in [1.807, 2.05) is 0 Å². The first-order chi connectivity index (χ1) is 8.58. The monoisotopic (exact) mass is 254 g/mol. The first-order valence-corrected chi connectivity index (χ1v) is 8.02. The molecule has 0 aromatic rings. The molecule has 0 bridgehead atoms. The average Bonchev–Trinajstić information content (AvgIpc) is 2.33. The van der Waals surface area contributed by atoms with Crippen LogP contribution in [0.3, 0.4) is 0 Å². The third kappa shape index (κ3) is 4.89. The van der Waals surface area contributed by atoms with Crippen LogP contribution in [0.2, 0.25) is 0 Å². The Morgan fingerprint density at radius 2 is 1.94 bits per heavy atom. The zero-order valence-corrected chi connectivity index (χ0v) is 13.0. The lowest BCUT2D eigenvalue weighted by atomic mass is 9.85. The van der Waals surface area contributed by atoms with Gasteiger partial charge in [-0.25, -0.2) is 0 Å². The van der Waals surface area contributed by atoms with E-state index < -0.39 is 0 Å². The second-order valence-corrected chi connectivity index (χ2v) is 6.55. The largest absolute Gasteiger partial charge is 0.330 e. The predicted molar refractivity (Wildman–Crippen MR) is 80.7 cm³/mol. The van der Waals surface area contributed by atoms with E-state index in [4.69, 9.17) is 5.73 Å². The number of nitrogens with zero attached hydrogens (tertiary/aromatic N) is 1. The highest BCUT2D eigenvalue weighted by Crippen LogP contribution is 2.27. The van der Waals surface area contributed by atoms with Gasteiger partial charge in [0, 0.05) is 12.6 Å². The zero-order valence-electron chi connectivity index (χ0n) is 13.0. The Hall–Kier alpha value is -0.0800. The van der Waals surface area contributed by atoms with Gasteiger partial charge in [-0.15, -0.1) is 0 Å². The summed E-state index contributed by atoms with van der Waals surface area (Å²) in [5.74, 6) is 2.59. The van der Waals surface area contributed by atoms with Gasteiger partial charge in [0.15, 0.2) is 0 Å². The second-order valence-electron chi connectivity index (χ2n) is 6.55. The van der Waals surface area contributed by atoms with Crippen LogP contribution < -0.4 is 5.73 Å². The Morgan fingerprint density at radius 3 is 2.56 bits per heavy atom. The van der Waals surface area contributed by atoms with E-state index in [-0.39, 0.29) is 0 Å². The molecule has 1 saturated heterocycles. The third-order valence-corrected chi connectivity index (χ3v) is 4.93. The minimum atomic E-state index is 0.774. The van der Waals surface area contributed by atoms with Crippen molar-refractivity contribution >= 4 is 0 Å². The fourth-order valence-electron chi connectivity index (χ4n) is 3.50. The van der Waals surface area contributed by atoms with Crippen LogP contribution in [0.15, 0.2) is 0 Å². The van der Waals surface area contributed by atoms with Gasteiger partial charge in [-0.3, -0.25) is 0 Å². The number of piperidine rings is 1. The van der Waals surface area contributed by atoms with E-state index in [1.54, 1.807) is 0 Å². The van der Waals surface area contributed by atoms with Gasteiger partial charge in [0.1, 0.15) is 0 Å². The molecule has 2 N–H and O–H groups in total. The van der Waals surface area contributed by atoms with Gasteiger partial charge in [-0.2, -0.15) is 0 Å². The van der Waals surface area contributed by atoms with E-state index in [1.165, 1.54) is 45.2 Å². The van der Waals surface area contributed by atoms with Gasteiger partial charge < -0.3 is 10.6 Å². The van der Waals surface area contributed by atoms with Crippen molar-refractivity contribution in [3.63, 3.8) is 0 Å². The summed E-state index contributed by atoms with van der Waals surface area (Å²) in [5, 5.41) is 0. The van der Waals surface area contributed by atoms with Crippen LogP contribution in [-0.4, -0.2) is 30.6 Å². The first-order valence-electron chi connectivity index (χ1n) is 8.02. The smallest absolute Gasteiger partial charge is 0.00927 e.